The fourth-order valence-electron chi connectivity index (χ4n) is 2.99. The van der Waals surface area contributed by atoms with Gasteiger partial charge in [-0.3, -0.25) is 9.59 Å². The number of carbonyl (C=O) groups excluding carboxylic acids is 2. The van der Waals surface area contributed by atoms with Crippen molar-refractivity contribution in [1.82, 2.24) is 10.3 Å². The molecule has 2 amide bonds. The van der Waals surface area contributed by atoms with Gasteiger partial charge in [0.15, 0.2) is 4.34 Å². The van der Waals surface area contributed by atoms with Crippen LogP contribution >= 0.6 is 23.1 Å². The molecule has 8 heteroatoms. The van der Waals surface area contributed by atoms with Crippen molar-refractivity contribution in [2.24, 2.45) is 0 Å². The number of rotatable bonds is 7. The second-order valence-electron chi connectivity index (χ2n) is 6.89. The summed E-state index contributed by atoms with van der Waals surface area (Å²) in [6, 6.07) is 10.1. The normalized spacial score (nSPS) is 10.7. The quantitative estimate of drug-likeness (QED) is 0.518. The SMILES string of the molecule is Cc1cc(C)c(NC(=O)CNC(=O)CSc2nc(-c3ccc(F)cc3)cs2)c(C)c1. The van der Waals surface area contributed by atoms with Crippen LogP contribution in [-0.2, 0) is 9.59 Å². The van der Waals surface area contributed by atoms with Gasteiger partial charge in [0.1, 0.15) is 5.82 Å². The molecule has 0 unspecified atom stereocenters. The average molecular weight is 444 g/mol. The minimum atomic E-state index is -0.294. The van der Waals surface area contributed by atoms with Crippen LogP contribution in [0.3, 0.4) is 0 Å². The van der Waals surface area contributed by atoms with Gasteiger partial charge in [-0.2, -0.15) is 0 Å². The third-order valence-corrected chi connectivity index (χ3v) is 6.36. The standard InChI is InChI=1S/C22H22FN3O2S2/c1-13-8-14(2)21(15(3)9-13)26-19(27)10-24-20(28)12-30-22-25-18(11-29-22)16-4-6-17(23)7-5-16/h4-9,11H,10,12H2,1-3H3,(H,24,28)(H,26,27). The zero-order valence-corrected chi connectivity index (χ0v) is 18.5. The first-order valence-electron chi connectivity index (χ1n) is 9.30. The predicted molar refractivity (Wildman–Crippen MR) is 121 cm³/mol. The Hall–Kier alpha value is -2.71. The van der Waals surface area contributed by atoms with Crippen LogP contribution in [0, 0.1) is 26.6 Å². The summed E-state index contributed by atoms with van der Waals surface area (Å²) in [6.45, 7) is 5.80. The Bertz CT molecular complexity index is 1040. The van der Waals surface area contributed by atoms with Crippen LogP contribution in [0.2, 0.25) is 0 Å². The van der Waals surface area contributed by atoms with Crippen LogP contribution in [-0.4, -0.2) is 29.1 Å². The van der Waals surface area contributed by atoms with Gasteiger partial charge in [0, 0.05) is 16.6 Å². The number of anilines is 1. The molecule has 0 fully saturated rings. The number of carbonyl (C=O) groups is 2. The lowest BCUT2D eigenvalue weighted by Gasteiger charge is -2.13. The van der Waals surface area contributed by atoms with E-state index in [1.165, 1.54) is 35.2 Å². The number of benzene rings is 2. The molecular formula is C22H22FN3O2S2. The average Bonchev–Trinajstić information content (AvgIpc) is 3.17. The molecule has 0 saturated carbocycles. The predicted octanol–water partition coefficient (Wildman–Crippen LogP) is 4.72. The first kappa shape index (κ1) is 22.0. The smallest absolute Gasteiger partial charge is 0.243 e. The number of nitrogens with one attached hydrogen (secondary N) is 2. The lowest BCUT2D eigenvalue weighted by molar-refractivity contribution is -0.122. The number of amides is 2. The van der Waals surface area contributed by atoms with Gasteiger partial charge in [0.05, 0.1) is 18.0 Å². The van der Waals surface area contributed by atoms with Gasteiger partial charge in [-0.15, -0.1) is 11.3 Å². The Balaban J connectivity index is 1.46. The lowest BCUT2D eigenvalue weighted by Crippen LogP contribution is -2.34. The number of aryl methyl sites for hydroxylation is 3. The molecule has 156 valence electrons. The molecule has 0 aliphatic heterocycles. The van der Waals surface area contributed by atoms with Gasteiger partial charge in [-0.05, 0) is 56.2 Å². The van der Waals surface area contributed by atoms with Crippen molar-refractivity contribution in [2.75, 3.05) is 17.6 Å². The summed E-state index contributed by atoms with van der Waals surface area (Å²) >= 11 is 2.72. The topological polar surface area (TPSA) is 71.1 Å². The van der Waals surface area contributed by atoms with Gasteiger partial charge in [-0.1, -0.05) is 29.5 Å². The summed E-state index contributed by atoms with van der Waals surface area (Å²) in [7, 11) is 0. The number of hydrogen-bond donors (Lipinski definition) is 2. The molecule has 0 saturated heterocycles. The number of thiazole rings is 1. The molecule has 1 aromatic heterocycles. The van der Waals surface area contributed by atoms with E-state index in [0.29, 0.717) is 0 Å². The van der Waals surface area contributed by atoms with Gasteiger partial charge in [0.2, 0.25) is 11.8 Å². The van der Waals surface area contributed by atoms with Crippen LogP contribution < -0.4 is 10.6 Å². The maximum absolute atomic E-state index is 13.0. The minimum absolute atomic E-state index is 0.0924. The van der Waals surface area contributed by atoms with E-state index in [1.54, 1.807) is 12.1 Å². The summed E-state index contributed by atoms with van der Waals surface area (Å²) in [5, 5.41) is 7.36. The second-order valence-corrected chi connectivity index (χ2v) is 8.97. The largest absolute Gasteiger partial charge is 0.346 e. The van der Waals surface area contributed by atoms with E-state index in [1.807, 2.05) is 38.3 Å². The monoisotopic (exact) mass is 443 g/mol. The summed E-state index contributed by atoms with van der Waals surface area (Å²) in [5.74, 6) is -0.647. The van der Waals surface area contributed by atoms with Crippen molar-refractivity contribution in [3.63, 3.8) is 0 Å². The highest BCUT2D eigenvalue weighted by Gasteiger charge is 2.11. The Morgan fingerprint density at radius 1 is 1.07 bits per heavy atom. The van der Waals surface area contributed by atoms with E-state index in [0.717, 1.165) is 38.0 Å². The Kier molecular flexibility index (Phi) is 7.23. The van der Waals surface area contributed by atoms with Gasteiger partial charge >= 0.3 is 0 Å². The number of nitrogens with zero attached hydrogens (tertiary/aromatic N) is 1. The number of thioether (sulfide) groups is 1. The zero-order valence-electron chi connectivity index (χ0n) is 16.9. The maximum Gasteiger partial charge on any atom is 0.243 e. The molecule has 0 atom stereocenters. The van der Waals surface area contributed by atoms with E-state index in [-0.39, 0.29) is 29.9 Å². The van der Waals surface area contributed by atoms with E-state index in [2.05, 4.69) is 15.6 Å². The molecule has 1 heterocycles. The Labute approximate surface area is 183 Å². The molecule has 0 bridgehead atoms. The van der Waals surface area contributed by atoms with Crippen LogP contribution in [0.15, 0.2) is 46.1 Å². The van der Waals surface area contributed by atoms with E-state index in [9.17, 15) is 14.0 Å². The number of halogens is 1. The van der Waals surface area contributed by atoms with Crippen molar-refractivity contribution >= 4 is 40.6 Å². The van der Waals surface area contributed by atoms with Crippen LogP contribution in [0.5, 0.6) is 0 Å². The van der Waals surface area contributed by atoms with Crippen molar-refractivity contribution in [3.05, 3.63) is 64.3 Å². The van der Waals surface area contributed by atoms with E-state index < -0.39 is 0 Å². The minimum Gasteiger partial charge on any atom is -0.346 e. The fourth-order valence-corrected chi connectivity index (χ4v) is 4.66. The van der Waals surface area contributed by atoms with Crippen molar-refractivity contribution in [1.29, 1.82) is 0 Å². The summed E-state index contributed by atoms with van der Waals surface area (Å²) in [6.07, 6.45) is 0. The Morgan fingerprint density at radius 3 is 2.40 bits per heavy atom. The molecule has 2 N–H and O–H groups in total. The molecular weight excluding hydrogens is 421 g/mol. The van der Waals surface area contributed by atoms with Crippen LogP contribution in [0.1, 0.15) is 16.7 Å². The molecule has 0 aliphatic rings. The molecule has 30 heavy (non-hydrogen) atoms. The summed E-state index contributed by atoms with van der Waals surface area (Å²) < 4.78 is 13.8. The zero-order chi connectivity index (χ0) is 21.7. The summed E-state index contributed by atoms with van der Waals surface area (Å²) in [5.41, 5.74) is 5.46. The number of aromatic nitrogens is 1. The van der Waals surface area contributed by atoms with Gasteiger partial charge < -0.3 is 10.6 Å². The molecule has 0 aliphatic carbocycles. The first-order valence-corrected chi connectivity index (χ1v) is 11.2. The lowest BCUT2D eigenvalue weighted by atomic mass is 10.1. The Morgan fingerprint density at radius 2 is 1.73 bits per heavy atom. The van der Waals surface area contributed by atoms with E-state index in [4.69, 9.17) is 0 Å². The van der Waals surface area contributed by atoms with Crippen molar-refractivity contribution in [3.8, 4) is 11.3 Å². The highest BCUT2D eigenvalue weighted by Crippen LogP contribution is 2.28. The molecule has 3 aromatic rings. The third kappa shape index (κ3) is 5.90. The van der Waals surface area contributed by atoms with Crippen molar-refractivity contribution < 1.29 is 14.0 Å². The third-order valence-electron chi connectivity index (χ3n) is 4.34. The molecule has 0 radical (unpaired) electrons. The highest BCUT2D eigenvalue weighted by atomic mass is 32.2. The van der Waals surface area contributed by atoms with E-state index >= 15 is 0 Å². The molecule has 0 spiro atoms. The fraction of sp³-hybridized carbons (Fsp3) is 0.227. The van der Waals surface area contributed by atoms with Crippen LogP contribution in [0.25, 0.3) is 11.3 Å². The highest BCUT2D eigenvalue weighted by molar-refractivity contribution is 8.01. The maximum atomic E-state index is 13.0. The molecule has 2 aromatic carbocycles. The number of hydrogen-bond acceptors (Lipinski definition) is 5. The van der Waals surface area contributed by atoms with Crippen LogP contribution in [0.4, 0.5) is 10.1 Å². The second kappa shape index (κ2) is 9.86. The van der Waals surface area contributed by atoms with Gasteiger partial charge in [0.25, 0.3) is 0 Å². The molecule has 3 rings (SSSR count). The summed E-state index contributed by atoms with van der Waals surface area (Å²) in [4.78, 5) is 28.7. The van der Waals surface area contributed by atoms with Crippen molar-refractivity contribution in [2.45, 2.75) is 25.1 Å². The first-order chi connectivity index (χ1) is 14.3. The molecule has 5 nitrogen and oxygen atoms in total. The van der Waals surface area contributed by atoms with Gasteiger partial charge in [-0.25, -0.2) is 9.37 Å².